The second kappa shape index (κ2) is 11.7. The van der Waals surface area contributed by atoms with Gasteiger partial charge in [0.25, 0.3) is 5.91 Å². The van der Waals surface area contributed by atoms with Gasteiger partial charge in [0.2, 0.25) is 0 Å². The zero-order chi connectivity index (χ0) is 21.2. The Balaban J connectivity index is 2.04. The molecule has 3 N–H and O–H groups in total. The van der Waals surface area contributed by atoms with Crippen molar-refractivity contribution in [1.82, 2.24) is 5.32 Å². The van der Waals surface area contributed by atoms with Gasteiger partial charge in [0.05, 0.1) is 18.2 Å². The topological polar surface area (TPSA) is 79.8 Å². The maximum atomic E-state index is 12.2. The summed E-state index contributed by atoms with van der Waals surface area (Å²) < 4.78 is 11.3. The normalized spacial score (nSPS) is 11.8. The van der Waals surface area contributed by atoms with Gasteiger partial charge in [-0.3, -0.25) is 4.79 Å². The Hall–Kier alpha value is -2.28. The van der Waals surface area contributed by atoms with E-state index in [1.54, 1.807) is 6.07 Å². The largest absolute Gasteiger partial charge is 0.490 e. The van der Waals surface area contributed by atoms with Crippen LogP contribution in [0, 0.1) is 6.92 Å². The minimum Gasteiger partial charge on any atom is -0.490 e. The van der Waals surface area contributed by atoms with Crippen LogP contribution in [0.4, 0.5) is 5.69 Å². The first-order valence-corrected chi connectivity index (χ1v) is 10.1. The van der Waals surface area contributed by atoms with Crippen LogP contribution in [0.15, 0.2) is 36.4 Å². The van der Waals surface area contributed by atoms with E-state index in [0.29, 0.717) is 35.4 Å². The number of benzene rings is 2. The smallest absolute Gasteiger partial charge is 0.262 e. The van der Waals surface area contributed by atoms with E-state index in [9.17, 15) is 9.90 Å². The molecular formula is C22H29ClN2O4. The number of ether oxygens (including phenoxy) is 2. The number of amides is 1. The fourth-order valence-electron chi connectivity index (χ4n) is 2.70. The number of aliphatic hydroxyl groups excluding tert-OH is 1. The van der Waals surface area contributed by atoms with Gasteiger partial charge in [-0.15, -0.1) is 0 Å². The molecule has 0 radical (unpaired) electrons. The fraction of sp³-hybridized carbons (Fsp3) is 0.409. The molecular weight excluding hydrogens is 392 g/mol. The third kappa shape index (κ3) is 7.24. The molecule has 0 aliphatic carbocycles. The number of aryl methyl sites for hydroxylation is 1. The second-order valence-corrected chi connectivity index (χ2v) is 7.12. The van der Waals surface area contributed by atoms with Gasteiger partial charge in [0.15, 0.2) is 18.1 Å². The average molecular weight is 421 g/mol. The van der Waals surface area contributed by atoms with Crippen LogP contribution in [0.1, 0.15) is 31.4 Å². The summed E-state index contributed by atoms with van der Waals surface area (Å²) in [5.74, 6) is 0.536. The highest BCUT2D eigenvalue weighted by Crippen LogP contribution is 2.36. The van der Waals surface area contributed by atoms with Gasteiger partial charge < -0.3 is 25.2 Å². The van der Waals surface area contributed by atoms with Gasteiger partial charge in [0, 0.05) is 18.3 Å². The Morgan fingerprint density at radius 2 is 1.90 bits per heavy atom. The Morgan fingerprint density at radius 1 is 1.17 bits per heavy atom. The van der Waals surface area contributed by atoms with E-state index in [1.165, 1.54) is 0 Å². The van der Waals surface area contributed by atoms with E-state index in [4.69, 9.17) is 21.1 Å². The molecule has 0 spiro atoms. The summed E-state index contributed by atoms with van der Waals surface area (Å²) in [6.07, 6.45) is 0.819. The SMILES string of the molecule is CCOc1cc(CN[C@H](CC)CO)cc(Cl)c1OCC(=O)Nc1ccc(C)cc1. The summed E-state index contributed by atoms with van der Waals surface area (Å²) >= 11 is 6.40. The Bertz CT molecular complexity index is 792. The first-order chi connectivity index (χ1) is 14.0. The molecule has 1 atom stereocenters. The zero-order valence-electron chi connectivity index (χ0n) is 17.1. The van der Waals surface area contributed by atoms with Gasteiger partial charge in [0.1, 0.15) is 0 Å². The molecule has 2 aromatic carbocycles. The molecule has 0 aromatic heterocycles. The summed E-state index contributed by atoms with van der Waals surface area (Å²) in [7, 11) is 0. The molecule has 6 nitrogen and oxygen atoms in total. The van der Waals surface area contributed by atoms with Crippen LogP contribution in [0.2, 0.25) is 5.02 Å². The van der Waals surface area contributed by atoms with E-state index in [1.807, 2.05) is 51.1 Å². The molecule has 0 saturated heterocycles. The van der Waals surface area contributed by atoms with Crippen LogP contribution < -0.4 is 20.1 Å². The predicted molar refractivity (Wildman–Crippen MR) is 116 cm³/mol. The number of halogens is 1. The molecule has 7 heteroatoms. The number of rotatable bonds is 11. The van der Waals surface area contributed by atoms with Crippen molar-refractivity contribution in [3.63, 3.8) is 0 Å². The highest BCUT2D eigenvalue weighted by molar-refractivity contribution is 6.32. The number of hydrogen-bond donors (Lipinski definition) is 3. The van der Waals surface area contributed by atoms with Crippen LogP contribution >= 0.6 is 11.6 Å². The summed E-state index contributed by atoms with van der Waals surface area (Å²) in [5, 5.41) is 15.7. The second-order valence-electron chi connectivity index (χ2n) is 6.71. The molecule has 0 aliphatic rings. The average Bonchev–Trinajstić information content (AvgIpc) is 2.70. The van der Waals surface area contributed by atoms with Gasteiger partial charge in [-0.1, -0.05) is 36.2 Å². The number of anilines is 1. The van der Waals surface area contributed by atoms with Crippen molar-refractivity contribution in [3.05, 3.63) is 52.5 Å². The summed E-state index contributed by atoms with van der Waals surface area (Å²) in [4.78, 5) is 12.2. The predicted octanol–water partition coefficient (Wildman–Crippen LogP) is 3.93. The quantitative estimate of drug-likeness (QED) is 0.513. The monoisotopic (exact) mass is 420 g/mol. The van der Waals surface area contributed by atoms with Crippen molar-refractivity contribution in [1.29, 1.82) is 0 Å². The lowest BCUT2D eigenvalue weighted by molar-refractivity contribution is -0.118. The minimum absolute atomic E-state index is 0.0192. The molecule has 0 fully saturated rings. The van der Waals surface area contributed by atoms with Crippen LogP contribution in [0.3, 0.4) is 0 Å². The maximum absolute atomic E-state index is 12.2. The van der Waals surface area contributed by atoms with Gasteiger partial charge in [-0.05, 0) is 50.1 Å². The molecule has 0 aliphatic heterocycles. The lowest BCUT2D eigenvalue weighted by atomic mass is 10.1. The van der Waals surface area contributed by atoms with E-state index < -0.39 is 0 Å². The van der Waals surface area contributed by atoms with E-state index >= 15 is 0 Å². The number of hydrogen-bond acceptors (Lipinski definition) is 5. The zero-order valence-corrected chi connectivity index (χ0v) is 17.9. The van der Waals surface area contributed by atoms with E-state index in [0.717, 1.165) is 17.5 Å². The molecule has 0 saturated carbocycles. The van der Waals surface area contributed by atoms with Crippen LogP contribution in [0.25, 0.3) is 0 Å². The lowest BCUT2D eigenvalue weighted by Crippen LogP contribution is -2.31. The molecule has 0 unspecified atom stereocenters. The first kappa shape index (κ1) is 23.0. The third-order valence-electron chi connectivity index (χ3n) is 4.36. The fourth-order valence-corrected chi connectivity index (χ4v) is 2.99. The summed E-state index contributed by atoms with van der Waals surface area (Å²) in [6.45, 7) is 6.71. The first-order valence-electron chi connectivity index (χ1n) is 9.75. The van der Waals surface area contributed by atoms with E-state index in [-0.39, 0.29) is 25.2 Å². The van der Waals surface area contributed by atoms with E-state index in [2.05, 4.69) is 10.6 Å². The Labute approximate surface area is 177 Å². The number of aliphatic hydroxyl groups is 1. The van der Waals surface area contributed by atoms with Crippen molar-refractivity contribution >= 4 is 23.2 Å². The van der Waals surface area contributed by atoms with Gasteiger partial charge in [-0.2, -0.15) is 0 Å². The van der Waals surface area contributed by atoms with Gasteiger partial charge in [-0.25, -0.2) is 0 Å². The van der Waals surface area contributed by atoms with Crippen LogP contribution in [-0.4, -0.2) is 36.9 Å². The number of nitrogens with one attached hydrogen (secondary N) is 2. The van der Waals surface area contributed by atoms with Crippen LogP contribution in [0.5, 0.6) is 11.5 Å². The molecule has 1 amide bonds. The third-order valence-corrected chi connectivity index (χ3v) is 4.64. The number of carbonyl (C=O) groups excluding carboxylic acids is 1. The molecule has 2 rings (SSSR count). The van der Waals surface area contributed by atoms with Gasteiger partial charge >= 0.3 is 0 Å². The van der Waals surface area contributed by atoms with Crippen molar-refractivity contribution in [3.8, 4) is 11.5 Å². The summed E-state index contributed by atoms with van der Waals surface area (Å²) in [6, 6.07) is 11.1. The maximum Gasteiger partial charge on any atom is 0.262 e. The standard InChI is InChI=1S/C22H29ClN2O4/c1-4-17(13-26)24-12-16-10-19(23)22(20(11-16)28-5-2)29-14-21(27)25-18-8-6-15(3)7-9-18/h6-11,17,24,26H,4-5,12-14H2,1-3H3,(H,25,27)/t17-/m1/s1. The lowest BCUT2D eigenvalue weighted by Gasteiger charge is -2.17. The Kier molecular flexibility index (Phi) is 9.25. The minimum atomic E-state index is -0.285. The van der Waals surface area contributed by atoms with Crippen molar-refractivity contribution in [2.45, 2.75) is 39.8 Å². The molecule has 158 valence electrons. The molecule has 2 aromatic rings. The highest BCUT2D eigenvalue weighted by atomic mass is 35.5. The molecule has 0 heterocycles. The Morgan fingerprint density at radius 3 is 2.52 bits per heavy atom. The molecule has 0 bridgehead atoms. The summed E-state index contributed by atoms with van der Waals surface area (Å²) in [5.41, 5.74) is 2.73. The van der Waals surface area contributed by atoms with Crippen LogP contribution in [-0.2, 0) is 11.3 Å². The van der Waals surface area contributed by atoms with Crippen molar-refractivity contribution in [2.24, 2.45) is 0 Å². The number of carbonyl (C=O) groups is 1. The molecule has 29 heavy (non-hydrogen) atoms. The van der Waals surface area contributed by atoms with Crippen molar-refractivity contribution in [2.75, 3.05) is 25.1 Å². The van der Waals surface area contributed by atoms with Crippen molar-refractivity contribution < 1.29 is 19.4 Å². The highest BCUT2D eigenvalue weighted by Gasteiger charge is 2.15.